The molecule has 14 heavy (non-hydrogen) atoms. The Hall–Kier alpha value is -0.380. The van der Waals surface area contributed by atoms with Gasteiger partial charge >= 0.3 is 0 Å². The number of hydrogen-bond donors (Lipinski definition) is 2. The highest BCUT2D eigenvalue weighted by Gasteiger charge is 2.25. The molecule has 1 aliphatic rings. The average Bonchev–Trinajstić information content (AvgIpc) is 2.53. The van der Waals surface area contributed by atoms with E-state index in [1.54, 1.807) is 0 Å². The molecule has 0 radical (unpaired) electrons. The van der Waals surface area contributed by atoms with Crippen molar-refractivity contribution in [3.05, 3.63) is 12.2 Å². The second-order valence-electron chi connectivity index (χ2n) is 4.30. The smallest absolute Gasteiger partial charge is 0.0552 e. The van der Waals surface area contributed by atoms with E-state index >= 15 is 0 Å². The Kier molecular flexibility index (Phi) is 4.58. The molecule has 1 rings (SSSR count). The fourth-order valence-electron chi connectivity index (χ4n) is 2.02. The van der Waals surface area contributed by atoms with E-state index in [2.05, 4.69) is 16.8 Å². The highest BCUT2D eigenvalue weighted by Crippen LogP contribution is 2.19. The number of aliphatic hydroxyl groups is 1. The van der Waals surface area contributed by atoms with Crippen LogP contribution in [0.2, 0.25) is 0 Å². The van der Waals surface area contributed by atoms with E-state index in [1.165, 1.54) is 5.57 Å². The zero-order chi connectivity index (χ0) is 10.6. The maximum atomic E-state index is 9.45. The third kappa shape index (κ3) is 3.40. The first-order valence-corrected chi connectivity index (χ1v) is 5.35. The summed E-state index contributed by atoms with van der Waals surface area (Å²) < 4.78 is 0. The van der Waals surface area contributed by atoms with Crippen LogP contribution in [0, 0.1) is 5.92 Å². The molecule has 82 valence electrons. The Bertz CT molecular complexity index is 192. The Labute approximate surface area is 86.8 Å². The number of nitrogens with one attached hydrogen (secondary N) is 1. The lowest BCUT2D eigenvalue weighted by molar-refractivity contribution is 0.128. The fraction of sp³-hybridized carbons (Fsp3) is 0.818. The van der Waals surface area contributed by atoms with E-state index in [4.69, 9.17) is 0 Å². The van der Waals surface area contributed by atoms with Crippen LogP contribution >= 0.6 is 0 Å². The molecule has 0 amide bonds. The minimum absolute atomic E-state index is 0.169. The van der Waals surface area contributed by atoms with Crippen molar-refractivity contribution < 1.29 is 5.11 Å². The van der Waals surface area contributed by atoms with Crippen molar-refractivity contribution in [3.8, 4) is 0 Å². The van der Waals surface area contributed by atoms with Crippen LogP contribution in [0.15, 0.2) is 12.2 Å². The largest absolute Gasteiger partial charge is 0.393 e. The van der Waals surface area contributed by atoms with Gasteiger partial charge in [0, 0.05) is 19.6 Å². The molecule has 1 aliphatic heterocycles. The van der Waals surface area contributed by atoms with Gasteiger partial charge in [-0.25, -0.2) is 0 Å². The molecular weight excluding hydrogens is 176 g/mol. The molecule has 1 fully saturated rings. The first kappa shape index (κ1) is 11.7. The molecular formula is C11H22N2O. The van der Waals surface area contributed by atoms with Gasteiger partial charge in [0.05, 0.1) is 6.10 Å². The van der Waals surface area contributed by atoms with E-state index in [1.807, 2.05) is 14.0 Å². The monoisotopic (exact) mass is 198 g/mol. The van der Waals surface area contributed by atoms with Gasteiger partial charge in [0.2, 0.25) is 0 Å². The lowest BCUT2D eigenvalue weighted by Gasteiger charge is -2.18. The Morgan fingerprint density at radius 2 is 2.43 bits per heavy atom. The molecule has 1 heterocycles. The normalized spacial score (nSPS) is 25.2. The van der Waals surface area contributed by atoms with Gasteiger partial charge in [-0.1, -0.05) is 6.58 Å². The maximum Gasteiger partial charge on any atom is 0.0552 e. The zero-order valence-corrected chi connectivity index (χ0v) is 9.29. The van der Waals surface area contributed by atoms with Crippen molar-refractivity contribution >= 4 is 0 Å². The Morgan fingerprint density at radius 1 is 1.71 bits per heavy atom. The van der Waals surface area contributed by atoms with Crippen LogP contribution in [0.5, 0.6) is 0 Å². The van der Waals surface area contributed by atoms with Crippen LogP contribution in [0.3, 0.4) is 0 Å². The lowest BCUT2D eigenvalue weighted by Crippen LogP contribution is -2.28. The van der Waals surface area contributed by atoms with Gasteiger partial charge in [0.1, 0.15) is 0 Å². The summed E-state index contributed by atoms with van der Waals surface area (Å²) >= 11 is 0. The van der Waals surface area contributed by atoms with Crippen LogP contribution in [-0.2, 0) is 0 Å². The van der Waals surface area contributed by atoms with Crippen molar-refractivity contribution in [1.29, 1.82) is 0 Å². The molecule has 0 bridgehead atoms. The summed E-state index contributed by atoms with van der Waals surface area (Å²) in [7, 11) is 1.94. The molecule has 0 aliphatic carbocycles. The summed E-state index contributed by atoms with van der Waals surface area (Å²) in [5.41, 5.74) is 1.22. The molecule has 2 atom stereocenters. The third-order valence-electron chi connectivity index (χ3n) is 2.87. The molecule has 0 spiro atoms. The topological polar surface area (TPSA) is 35.5 Å². The molecule has 3 nitrogen and oxygen atoms in total. The van der Waals surface area contributed by atoms with Crippen molar-refractivity contribution in [2.45, 2.75) is 19.4 Å². The summed E-state index contributed by atoms with van der Waals surface area (Å²) in [6.07, 6.45) is 0.947. The minimum Gasteiger partial charge on any atom is -0.393 e. The number of likely N-dealkylation sites (N-methyl/N-ethyl adjacent to an activating group) is 1. The summed E-state index contributed by atoms with van der Waals surface area (Å²) in [4.78, 5) is 2.37. The van der Waals surface area contributed by atoms with Gasteiger partial charge in [-0.2, -0.15) is 0 Å². The number of aliphatic hydroxyl groups excluding tert-OH is 1. The number of likely N-dealkylation sites (tertiary alicyclic amines) is 1. The van der Waals surface area contributed by atoms with Crippen LogP contribution in [0.25, 0.3) is 0 Å². The predicted octanol–water partition coefficient (Wildman–Crippen LogP) is 0.465. The molecule has 1 saturated heterocycles. The highest BCUT2D eigenvalue weighted by molar-refractivity contribution is 5.00. The SMILES string of the molecule is C=C(CNC)CN1CCC(C(C)O)C1. The summed E-state index contributed by atoms with van der Waals surface area (Å²) in [6.45, 7) is 9.85. The molecule has 0 aromatic rings. The van der Waals surface area contributed by atoms with Crippen molar-refractivity contribution in [3.63, 3.8) is 0 Å². The summed E-state index contributed by atoms with van der Waals surface area (Å²) in [6, 6.07) is 0. The van der Waals surface area contributed by atoms with Gasteiger partial charge in [0.25, 0.3) is 0 Å². The minimum atomic E-state index is -0.169. The van der Waals surface area contributed by atoms with Crippen LogP contribution < -0.4 is 5.32 Å². The molecule has 0 aromatic heterocycles. The first-order chi connectivity index (χ1) is 6.63. The zero-order valence-electron chi connectivity index (χ0n) is 9.29. The van der Waals surface area contributed by atoms with Gasteiger partial charge in [-0.15, -0.1) is 0 Å². The molecule has 2 N–H and O–H groups in total. The van der Waals surface area contributed by atoms with E-state index in [0.29, 0.717) is 5.92 Å². The second-order valence-corrected chi connectivity index (χ2v) is 4.30. The molecule has 0 saturated carbocycles. The summed E-state index contributed by atoms with van der Waals surface area (Å²) in [5.74, 6) is 0.456. The van der Waals surface area contributed by atoms with E-state index in [9.17, 15) is 5.11 Å². The molecule has 2 unspecified atom stereocenters. The maximum absolute atomic E-state index is 9.45. The van der Waals surface area contributed by atoms with Gasteiger partial charge in [-0.3, -0.25) is 4.90 Å². The third-order valence-corrected chi connectivity index (χ3v) is 2.87. The van der Waals surface area contributed by atoms with Crippen molar-refractivity contribution in [1.82, 2.24) is 10.2 Å². The summed E-state index contributed by atoms with van der Waals surface area (Å²) in [5, 5.41) is 12.5. The van der Waals surface area contributed by atoms with Gasteiger partial charge in [-0.05, 0) is 38.4 Å². The predicted molar refractivity (Wildman–Crippen MR) is 59.3 cm³/mol. The van der Waals surface area contributed by atoms with E-state index in [-0.39, 0.29) is 6.10 Å². The number of nitrogens with zero attached hydrogens (tertiary/aromatic N) is 1. The Balaban J connectivity index is 2.25. The van der Waals surface area contributed by atoms with Gasteiger partial charge in [0.15, 0.2) is 0 Å². The quantitative estimate of drug-likeness (QED) is 0.630. The highest BCUT2D eigenvalue weighted by atomic mass is 16.3. The fourth-order valence-corrected chi connectivity index (χ4v) is 2.02. The van der Waals surface area contributed by atoms with Crippen LogP contribution in [0.4, 0.5) is 0 Å². The number of rotatable bonds is 5. The molecule has 0 aromatic carbocycles. The lowest BCUT2D eigenvalue weighted by atomic mass is 10.0. The number of hydrogen-bond acceptors (Lipinski definition) is 3. The van der Waals surface area contributed by atoms with Crippen LogP contribution in [0.1, 0.15) is 13.3 Å². The van der Waals surface area contributed by atoms with Gasteiger partial charge < -0.3 is 10.4 Å². The van der Waals surface area contributed by atoms with Crippen molar-refractivity contribution in [2.75, 3.05) is 33.2 Å². The molecule has 3 heteroatoms. The van der Waals surface area contributed by atoms with E-state index in [0.717, 1.165) is 32.6 Å². The van der Waals surface area contributed by atoms with Crippen LogP contribution in [-0.4, -0.2) is 49.3 Å². The van der Waals surface area contributed by atoms with Crippen molar-refractivity contribution in [2.24, 2.45) is 5.92 Å². The van der Waals surface area contributed by atoms with E-state index < -0.39 is 0 Å². The standard InChI is InChI=1S/C11H22N2O/c1-9(6-12-3)7-13-5-4-11(8-13)10(2)14/h10-12,14H,1,4-8H2,2-3H3. The second kappa shape index (κ2) is 5.49. The Morgan fingerprint density at radius 3 is 2.93 bits per heavy atom. The first-order valence-electron chi connectivity index (χ1n) is 5.35. The average molecular weight is 198 g/mol.